The lowest BCUT2D eigenvalue weighted by Crippen LogP contribution is -2.09. The summed E-state index contributed by atoms with van der Waals surface area (Å²) < 4.78 is 2.43. The van der Waals surface area contributed by atoms with Gasteiger partial charge in [0.2, 0.25) is 0 Å². The Kier molecular flexibility index (Phi) is 10.6. The van der Waals surface area contributed by atoms with Crippen LogP contribution in [0.1, 0.15) is 0 Å². The molecule has 1 aromatic heterocycles. The second-order valence-corrected chi connectivity index (χ2v) is 17.3. The van der Waals surface area contributed by atoms with Crippen molar-refractivity contribution in [2.45, 2.75) is 0 Å². The zero-order valence-corrected chi connectivity index (χ0v) is 37.5. The Morgan fingerprint density at radius 1 is 0.221 bits per heavy atom. The quantitative estimate of drug-likeness (QED) is 0.133. The van der Waals surface area contributed by atoms with E-state index in [-0.39, 0.29) is 0 Å². The van der Waals surface area contributed by atoms with Crippen LogP contribution in [0.3, 0.4) is 0 Å². The molecule has 0 unspecified atom stereocenters. The number of fused-ring (bicyclic) bond motifs is 3. The lowest BCUT2D eigenvalue weighted by atomic mass is 9.94. The highest BCUT2D eigenvalue weighted by Crippen LogP contribution is 2.41. The van der Waals surface area contributed by atoms with Crippen LogP contribution >= 0.6 is 0 Å². The minimum atomic E-state index is 1.08. The molecule has 68 heavy (non-hydrogen) atoms. The minimum Gasteiger partial charge on any atom is -0.311 e. The Morgan fingerprint density at radius 2 is 0.529 bits per heavy atom. The van der Waals surface area contributed by atoms with Crippen molar-refractivity contribution in [1.29, 1.82) is 0 Å². The highest BCUT2D eigenvalue weighted by molar-refractivity contribution is 6.11. The first-order valence-electron chi connectivity index (χ1n) is 23.3. The molecule has 320 valence electrons. The maximum atomic E-state index is 2.43. The molecular formula is C66H46N2. The van der Waals surface area contributed by atoms with Crippen LogP contribution in [0.25, 0.3) is 94.3 Å². The number of hydrogen-bond donors (Lipinski definition) is 0. The maximum absolute atomic E-state index is 2.43. The molecule has 0 atom stereocenters. The molecule has 0 aliphatic heterocycles. The summed E-state index contributed by atoms with van der Waals surface area (Å²) >= 11 is 0. The van der Waals surface area contributed by atoms with Crippen molar-refractivity contribution in [3.8, 4) is 72.4 Å². The number of aromatic nitrogens is 1. The van der Waals surface area contributed by atoms with Crippen molar-refractivity contribution in [3.63, 3.8) is 0 Å². The molecule has 1 heterocycles. The average Bonchev–Trinajstić information content (AvgIpc) is 3.75. The number of anilines is 3. The van der Waals surface area contributed by atoms with Gasteiger partial charge in [0.15, 0.2) is 0 Å². The summed E-state index contributed by atoms with van der Waals surface area (Å²) in [6.07, 6.45) is 0. The van der Waals surface area contributed by atoms with Crippen LogP contribution < -0.4 is 4.90 Å². The zero-order chi connectivity index (χ0) is 45.2. The summed E-state index contributed by atoms with van der Waals surface area (Å²) in [6.45, 7) is 0. The third kappa shape index (κ3) is 7.74. The first-order valence-corrected chi connectivity index (χ1v) is 23.3. The second-order valence-electron chi connectivity index (χ2n) is 17.3. The molecular weight excluding hydrogens is 821 g/mol. The van der Waals surface area contributed by atoms with E-state index in [2.05, 4.69) is 289 Å². The van der Waals surface area contributed by atoms with Crippen LogP contribution in [0.5, 0.6) is 0 Å². The molecule has 0 bridgehead atoms. The molecule has 2 nitrogen and oxygen atoms in total. The molecule has 0 radical (unpaired) electrons. The average molecular weight is 867 g/mol. The first kappa shape index (κ1) is 40.5. The van der Waals surface area contributed by atoms with Gasteiger partial charge in [-0.15, -0.1) is 0 Å². The van der Waals surface area contributed by atoms with E-state index in [1.807, 2.05) is 0 Å². The molecule has 0 aliphatic rings. The Balaban J connectivity index is 0.920. The van der Waals surface area contributed by atoms with Crippen LogP contribution in [-0.4, -0.2) is 4.57 Å². The highest BCUT2D eigenvalue weighted by atomic mass is 15.1. The number of benzene rings is 11. The van der Waals surface area contributed by atoms with Gasteiger partial charge in [0.05, 0.1) is 11.0 Å². The van der Waals surface area contributed by atoms with Crippen molar-refractivity contribution in [3.05, 3.63) is 279 Å². The lowest BCUT2D eigenvalue weighted by Gasteiger charge is -2.26. The van der Waals surface area contributed by atoms with Crippen molar-refractivity contribution >= 4 is 38.9 Å². The molecule has 0 N–H and O–H groups in total. The van der Waals surface area contributed by atoms with E-state index >= 15 is 0 Å². The maximum Gasteiger partial charge on any atom is 0.0541 e. The van der Waals surface area contributed by atoms with Gasteiger partial charge in [-0.3, -0.25) is 0 Å². The lowest BCUT2D eigenvalue weighted by molar-refractivity contribution is 1.18. The fourth-order valence-corrected chi connectivity index (χ4v) is 9.82. The predicted molar refractivity (Wildman–Crippen MR) is 288 cm³/mol. The molecule has 0 fully saturated rings. The summed E-state index contributed by atoms with van der Waals surface area (Å²) in [7, 11) is 0. The van der Waals surface area contributed by atoms with Gasteiger partial charge in [-0.25, -0.2) is 0 Å². The van der Waals surface area contributed by atoms with Gasteiger partial charge in [-0.1, -0.05) is 206 Å². The number of nitrogens with zero attached hydrogens (tertiary/aromatic N) is 2. The standard InChI is InChI=1S/C66H46N2/c1-5-16-47(17-6-1)50-28-36-57(37-29-50)67(59-40-32-53(33-41-59)62-27-14-13-26-61(62)52-22-11-4-12-23-52)58-38-30-51(31-39-58)54-24-15-25-60(44-54)68-65-42-34-55(48-18-7-2-8-19-48)45-63(65)64-46-56(35-43-66(64)68)49-20-9-3-10-21-49/h1-46H. The van der Waals surface area contributed by atoms with Crippen molar-refractivity contribution in [2.24, 2.45) is 0 Å². The van der Waals surface area contributed by atoms with E-state index in [0.29, 0.717) is 0 Å². The van der Waals surface area contributed by atoms with Gasteiger partial charge < -0.3 is 9.47 Å². The summed E-state index contributed by atoms with van der Waals surface area (Å²) in [5.74, 6) is 0. The second kappa shape index (κ2) is 17.8. The Bertz CT molecular complexity index is 3570. The number of rotatable bonds is 10. The molecule has 2 heteroatoms. The van der Waals surface area contributed by atoms with Gasteiger partial charge in [-0.2, -0.15) is 0 Å². The largest absolute Gasteiger partial charge is 0.311 e. The van der Waals surface area contributed by atoms with E-state index in [0.717, 1.165) is 33.9 Å². The van der Waals surface area contributed by atoms with E-state index in [1.165, 1.54) is 77.4 Å². The van der Waals surface area contributed by atoms with Crippen LogP contribution in [0.15, 0.2) is 279 Å². The van der Waals surface area contributed by atoms with Crippen LogP contribution in [-0.2, 0) is 0 Å². The Hall–Kier alpha value is -8.98. The van der Waals surface area contributed by atoms with E-state index in [9.17, 15) is 0 Å². The predicted octanol–water partition coefficient (Wildman–Crippen LogP) is 18.3. The fraction of sp³-hybridized carbons (Fsp3) is 0. The minimum absolute atomic E-state index is 1.08. The van der Waals surface area contributed by atoms with Gasteiger partial charge in [0.1, 0.15) is 0 Å². The Labute approximate surface area is 397 Å². The van der Waals surface area contributed by atoms with Gasteiger partial charge in [0, 0.05) is 33.5 Å². The van der Waals surface area contributed by atoms with Crippen LogP contribution in [0, 0.1) is 0 Å². The summed E-state index contributed by atoms with van der Waals surface area (Å²) in [5.41, 5.74) is 21.1. The smallest absolute Gasteiger partial charge is 0.0541 e. The summed E-state index contributed by atoms with van der Waals surface area (Å²) in [6, 6.07) is 101. The highest BCUT2D eigenvalue weighted by Gasteiger charge is 2.18. The molecule has 0 spiro atoms. The molecule has 12 rings (SSSR count). The van der Waals surface area contributed by atoms with Crippen LogP contribution in [0.2, 0.25) is 0 Å². The molecule has 12 aromatic rings. The van der Waals surface area contributed by atoms with Gasteiger partial charge >= 0.3 is 0 Å². The number of hydrogen-bond acceptors (Lipinski definition) is 1. The van der Waals surface area contributed by atoms with E-state index < -0.39 is 0 Å². The third-order valence-corrected chi connectivity index (χ3v) is 13.2. The third-order valence-electron chi connectivity index (χ3n) is 13.2. The van der Waals surface area contributed by atoms with Crippen molar-refractivity contribution < 1.29 is 0 Å². The van der Waals surface area contributed by atoms with Crippen molar-refractivity contribution in [2.75, 3.05) is 4.90 Å². The summed E-state index contributed by atoms with van der Waals surface area (Å²) in [5, 5.41) is 2.47. The molecule has 0 saturated carbocycles. The van der Waals surface area contributed by atoms with Crippen LogP contribution in [0.4, 0.5) is 17.1 Å². The fourth-order valence-electron chi connectivity index (χ4n) is 9.82. The van der Waals surface area contributed by atoms with Gasteiger partial charge in [0.25, 0.3) is 0 Å². The Morgan fingerprint density at radius 3 is 0.985 bits per heavy atom. The molecule has 0 aliphatic carbocycles. The summed E-state index contributed by atoms with van der Waals surface area (Å²) in [4.78, 5) is 2.35. The van der Waals surface area contributed by atoms with Gasteiger partial charge in [-0.05, 0) is 140 Å². The first-order chi connectivity index (χ1) is 33.7. The van der Waals surface area contributed by atoms with E-state index in [1.54, 1.807) is 0 Å². The molecule has 11 aromatic carbocycles. The zero-order valence-electron chi connectivity index (χ0n) is 37.5. The normalized spacial score (nSPS) is 11.2. The van der Waals surface area contributed by atoms with E-state index in [4.69, 9.17) is 0 Å². The van der Waals surface area contributed by atoms with Crippen molar-refractivity contribution in [1.82, 2.24) is 4.57 Å². The topological polar surface area (TPSA) is 8.17 Å². The molecule has 0 saturated heterocycles. The SMILES string of the molecule is c1ccc(-c2ccc(N(c3ccc(-c4cccc(-n5c6ccc(-c7ccccc7)cc6c6cc(-c7ccccc7)ccc65)c4)cc3)c3ccc(-c4ccccc4-c4ccccc4)cc3)cc2)cc1. The molecule has 0 amide bonds. The monoisotopic (exact) mass is 866 g/mol.